The molecule has 0 bridgehead atoms. The number of nitrogens with one attached hydrogen (secondary N) is 1. The van der Waals surface area contributed by atoms with Gasteiger partial charge in [0, 0.05) is 42.9 Å². The second-order valence-corrected chi connectivity index (χ2v) is 7.66. The van der Waals surface area contributed by atoms with Gasteiger partial charge >= 0.3 is 5.63 Å². The smallest absolute Gasteiger partial charge is 0.339 e. The van der Waals surface area contributed by atoms with Gasteiger partial charge in [-0.05, 0) is 36.6 Å². The summed E-state index contributed by atoms with van der Waals surface area (Å²) in [6.07, 6.45) is 3.98. The van der Waals surface area contributed by atoms with Crippen molar-refractivity contribution < 1.29 is 13.9 Å². The molecule has 1 unspecified atom stereocenters. The highest BCUT2D eigenvalue weighted by molar-refractivity contribution is 5.83. The molecule has 0 aliphatic carbocycles. The topological polar surface area (TPSA) is 86.4 Å². The molecule has 32 heavy (non-hydrogen) atoms. The fraction of sp³-hybridized carbons (Fsp3) is 0.240. The Bertz CT molecular complexity index is 1310. The van der Waals surface area contributed by atoms with Crippen LogP contribution in [0.3, 0.4) is 0 Å². The van der Waals surface area contributed by atoms with Gasteiger partial charge in [0.25, 0.3) is 0 Å². The Hall–Kier alpha value is -3.87. The number of rotatable bonds is 7. The van der Waals surface area contributed by atoms with Gasteiger partial charge in [-0.2, -0.15) is 0 Å². The normalized spacial score (nSPS) is 12.0. The number of aromatic nitrogens is 2. The van der Waals surface area contributed by atoms with Crippen LogP contribution in [0, 0.1) is 6.92 Å². The first-order valence-electron chi connectivity index (χ1n) is 10.4. The molecule has 1 atom stereocenters. The van der Waals surface area contributed by atoms with E-state index < -0.39 is 5.63 Å². The van der Waals surface area contributed by atoms with Gasteiger partial charge in [-0.3, -0.25) is 4.79 Å². The van der Waals surface area contributed by atoms with Crippen molar-refractivity contribution in [2.24, 2.45) is 7.05 Å². The molecule has 0 spiro atoms. The van der Waals surface area contributed by atoms with Crippen LogP contribution in [0.1, 0.15) is 35.0 Å². The van der Waals surface area contributed by atoms with Crippen molar-refractivity contribution in [3.05, 3.63) is 93.9 Å². The number of benzene rings is 2. The SMILES string of the molecule is COc1ccc2c(C)c(CCC(=O)NC(c3ccccc3)c3nccn3C)c(=O)oc2c1. The molecule has 4 aromatic rings. The number of aryl methyl sites for hydroxylation is 2. The minimum atomic E-state index is -0.431. The lowest BCUT2D eigenvalue weighted by Gasteiger charge is -2.19. The van der Waals surface area contributed by atoms with Gasteiger partial charge < -0.3 is 19.0 Å². The van der Waals surface area contributed by atoms with Crippen LogP contribution < -0.4 is 15.7 Å². The molecule has 0 radical (unpaired) electrons. The Balaban J connectivity index is 1.55. The number of nitrogens with zero attached hydrogens (tertiary/aromatic N) is 2. The predicted molar refractivity (Wildman–Crippen MR) is 122 cm³/mol. The third-order valence-corrected chi connectivity index (χ3v) is 5.65. The lowest BCUT2D eigenvalue weighted by Crippen LogP contribution is -2.31. The molecule has 2 aromatic heterocycles. The molecule has 4 rings (SSSR count). The summed E-state index contributed by atoms with van der Waals surface area (Å²) in [6, 6.07) is 14.7. The monoisotopic (exact) mass is 431 g/mol. The van der Waals surface area contributed by atoms with Crippen LogP contribution in [-0.2, 0) is 18.3 Å². The highest BCUT2D eigenvalue weighted by Crippen LogP contribution is 2.25. The number of ether oxygens (including phenoxy) is 1. The molecular formula is C25H25N3O4. The van der Waals surface area contributed by atoms with Crippen molar-refractivity contribution in [2.45, 2.75) is 25.8 Å². The molecule has 0 fully saturated rings. The molecule has 0 aliphatic rings. The lowest BCUT2D eigenvalue weighted by atomic mass is 10.0. The lowest BCUT2D eigenvalue weighted by molar-refractivity contribution is -0.121. The number of fused-ring (bicyclic) bond motifs is 1. The zero-order chi connectivity index (χ0) is 22.7. The van der Waals surface area contributed by atoms with Gasteiger partial charge in [0.05, 0.1) is 7.11 Å². The first-order valence-corrected chi connectivity index (χ1v) is 10.4. The summed E-state index contributed by atoms with van der Waals surface area (Å²) in [5, 5.41) is 3.90. The van der Waals surface area contributed by atoms with E-state index in [1.807, 2.05) is 67.2 Å². The summed E-state index contributed by atoms with van der Waals surface area (Å²) < 4.78 is 12.6. The van der Waals surface area contributed by atoms with E-state index in [1.54, 1.807) is 19.4 Å². The quantitative estimate of drug-likeness (QED) is 0.451. The Morgan fingerprint density at radius 3 is 2.69 bits per heavy atom. The molecule has 0 aliphatic heterocycles. The average Bonchev–Trinajstić information content (AvgIpc) is 3.23. The van der Waals surface area contributed by atoms with E-state index in [0.29, 0.717) is 16.9 Å². The second kappa shape index (κ2) is 9.09. The highest BCUT2D eigenvalue weighted by atomic mass is 16.5. The van der Waals surface area contributed by atoms with E-state index in [4.69, 9.17) is 9.15 Å². The van der Waals surface area contributed by atoms with Crippen molar-refractivity contribution in [1.29, 1.82) is 0 Å². The number of carbonyl (C=O) groups excluding carboxylic acids is 1. The zero-order valence-corrected chi connectivity index (χ0v) is 18.3. The van der Waals surface area contributed by atoms with E-state index in [0.717, 1.165) is 22.3 Å². The fourth-order valence-electron chi connectivity index (χ4n) is 3.86. The average molecular weight is 431 g/mol. The number of hydrogen-bond acceptors (Lipinski definition) is 5. The van der Waals surface area contributed by atoms with E-state index in [-0.39, 0.29) is 24.8 Å². The Labute approximate surface area is 185 Å². The van der Waals surface area contributed by atoms with Crippen molar-refractivity contribution in [3.8, 4) is 5.75 Å². The zero-order valence-electron chi connectivity index (χ0n) is 18.3. The molecular weight excluding hydrogens is 406 g/mol. The molecule has 0 saturated carbocycles. The molecule has 2 aromatic carbocycles. The summed E-state index contributed by atoms with van der Waals surface area (Å²) in [7, 11) is 3.45. The van der Waals surface area contributed by atoms with Crippen molar-refractivity contribution in [2.75, 3.05) is 7.11 Å². The van der Waals surface area contributed by atoms with Gasteiger partial charge in [-0.1, -0.05) is 30.3 Å². The molecule has 7 nitrogen and oxygen atoms in total. The minimum absolute atomic E-state index is 0.154. The number of imidazole rings is 1. The maximum Gasteiger partial charge on any atom is 0.339 e. The number of amides is 1. The van der Waals surface area contributed by atoms with Crippen LogP contribution in [0.4, 0.5) is 0 Å². The molecule has 0 saturated heterocycles. The van der Waals surface area contributed by atoms with Crippen LogP contribution in [-0.4, -0.2) is 22.6 Å². The summed E-state index contributed by atoms with van der Waals surface area (Å²) in [5.74, 6) is 1.18. The number of methoxy groups -OCH3 is 1. The van der Waals surface area contributed by atoms with Gasteiger partial charge in [-0.25, -0.2) is 9.78 Å². The molecule has 1 N–H and O–H groups in total. The Morgan fingerprint density at radius 1 is 1.22 bits per heavy atom. The third-order valence-electron chi connectivity index (χ3n) is 5.65. The van der Waals surface area contributed by atoms with Crippen LogP contribution in [0.5, 0.6) is 5.75 Å². The van der Waals surface area contributed by atoms with Crippen molar-refractivity contribution >= 4 is 16.9 Å². The van der Waals surface area contributed by atoms with Crippen LogP contribution >= 0.6 is 0 Å². The molecule has 164 valence electrons. The van der Waals surface area contributed by atoms with E-state index in [1.165, 1.54) is 0 Å². The minimum Gasteiger partial charge on any atom is -0.497 e. The Morgan fingerprint density at radius 2 is 2.00 bits per heavy atom. The second-order valence-electron chi connectivity index (χ2n) is 7.66. The van der Waals surface area contributed by atoms with E-state index in [9.17, 15) is 9.59 Å². The van der Waals surface area contributed by atoms with E-state index >= 15 is 0 Å². The summed E-state index contributed by atoms with van der Waals surface area (Å²) >= 11 is 0. The van der Waals surface area contributed by atoms with Crippen LogP contribution in [0.2, 0.25) is 0 Å². The van der Waals surface area contributed by atoms with Gasteiger partial charge in [0.2, 0.25) is 5.91 Å². The van der Waals surface area contributed by atoms with Crippen molar-refractivity contribution in [3.63, 3.8) is 0 Å². The molecule has 2 heterocycles. The number of carbonyl (C=O) groups is 1. The number of hydrogen-bond donors (Lipinski definition) is 1. The van der Waals surface area contributed by atoms with Gasteiger partial charge in [-0.15, -0.1) is 0 Å². The molecule has 1 amide bonds. The summed E-state index contributed by atoms with van der Waals surface area (Å²) in [4.78, 5) is 29.9. The predicted octanol–water partition coefficient (Wildman–Crippen LogP) is 3.68. The van der Waals surface area contributed by atoms with Gasteiger partial charge in [0.1, 0.15) is 23.2 Å². The third kappa shape index (κ3) is 4.27. The van der Waals surface area contributed by atoms with Crippen LogP contribution in [0.15, 0.2) is 70.1 Å². The highest BCUT2D eigenvalue weighted by Gasteiger charge is 2.21. The summed E-state index contributed by atoms with van der Waals surface area (Å²) in [6.45, 7) is 1.87. The van der Waals surface area contributed by atoms with Gasteiger partial charge in [0.15, 0.2) is 0 Å². The maximum absolute atomic E-state index is 12.9. The maximum atomic E-state index is 12.9. The largest absolute Gasteiger partial charge is 0.497 e. The fourth-order valence-corrected chi connectivity index (χ4v) is 3.86. The van der Waals surface area contributed by atoms with Crippen LogP contribution in [0.25, 0.3) is 11.0 Å². The first-order chi connectivity index (χ1) is 15.5. The van der Waals surface area contributed by atoms with E-state index in [2.05, 4.69) is 10.3 Å². The first kappa shape index (κ1) is 21.4. The summed E-state index contributed by atoms with van der Waals surface area (Å²) in [5.41, 5.74) is 2.30. The standard InChI is InChI=1S/C25H25N3O4/c1-16-19-10-9-18(31-3)15-21(19)32-25(30)20(16)11-12-22(29)27-23(17-7-5-4-6-8-17)24-26-13-14-28(24)2/h4-10,13-15,23H,11-12H2,1-3H3,(H,27,29). The van der Waals surface area contributed by atoms with Crippen molar-refractivity contribution in [1.82, 2.24) is 14.9 Å². The Kier molecular flexibility index (Phi) is 6.07. The molecule has 7 heteroatoms.